The maximum absolute atomic E-state index is 12.9. The van der Waals surface area contributed by atoms with E-state index < -0.39 is 0 Å². The molecule has 3 heterocycles. The molecule has 6 heteroatoms. The van der Waals surface area contributed by atoms with Crippen LogP contribution in [0, 0.1) is 5.92 Å². The fourth-order valence-electron chi connectivity index (χ4n) is 3.69. The predicted octanol–water partition coefficient (Wildman–Crippen LogP) is 2.79. The van der Waals surface area contributed by atoms with Gasteiger partial charge in [0, 0.05) is 37.7 Å². The highest BCUT2D eigenvalue weighted by Crippen LogP contribution is 2.20. The monoisotopic (exact) mass is 362 g/mol. The van der Waals surface area contributed by atoms with Crippen molar-refractivity contribution in [3.8, 4) is 11.3 Å². The second-order valence-electron chi connectivity index (χ2n) is 7.00. The number of rotatable bonds is 4. The molecule has 1 fully saturated rings. The van der Waals surface area contributed by atoms with E-state index in [1.54, 1.807) is 29.6 Å². The first-order chi connectivity index (χ1) is 13.2. The van der Waals surface area contributed by atoms with Crippen molar-refractivity contribution < 1.29 is 4.79 Å². The molecule has 0 aliphatic carbocycles. The molecule has 0 saturated carbocycles. The van der Waals surface area contributed by atoms with Gasteiger partial charge in [0.25, 0.3) is 11.5 Å². The Hall–Kier alpha value is -3.15. The van der Waals surface area contributed by atoms with E-state index in [1.165, 1.54) is 0 Å². The number of nitrogens with zero attached hydrogens (tertiary/aromatic N) is 3. The largest absolute Gasteiger partial charge is 0.338 e. The second-order valence-corrected chi connectivity index (χ2v) is 7.00. The van der Waals surface area contributed by atoms with Crippen LogP contribution in [-0.4, -0.2) is 38.4 Å². The highest BCUT2D eigenvalue weighted by atomic mass is 16.2. The van der Waals surface area contributed by atoms with Gasteiger partial charge in [-0.25, -0.2) is 4.98 Å². The number of hydrogen-bond acceptors (Lipinski definition) is 3. The minimum atomic E-state index is -0.335. The molecule has 4 rings (SSSR count). The molecule has 3 aromatic rings. The number of amides is 1. The molecule has 138 valence electrons. The summed E-state index contributed by atoms with van der Waals surface area (Å²) < 4.78 is 2.04. The van der Waals surface area contributed by atoms with Crippen LogP contribution in [0.15, 0.2) is 66.0 Å². The zero-order valence-electron chi connectivity index (χ0n) is 15.0. The lowest BCUT2D eigenvalue weighted by Crippen LogP contribution is -2.42. The van der Waals surface area contributed by atoms with E-state index in [-0.39, 0.29) is 17.0 Å². The lowest BCUT2D eigenvalue weighted by molar-refractivity contribution is 0.0660. The maximum atomic E-state index is 12.9. The molecular weight excluding hydrogens is 340 g/mol. The van der Waals surface area contributed by atoms with Gasteiger partial charge < -0.3 is 14.5 Å². The van der Waals surface area contributed by atoms with Gasteiger partial charge in [-0.15, -0.1) is 0 Å². The van der Waals surface area contributed by atoms with Crippen LogP contribution >= 0.6 is 0 Å². The van der Waals surface area contributed by atoms with Crippen LogP contribution in [-0.2, 0) is 6.54 Å². The number of imidazole rings is 1. The first kappa shape index (κ1) is 17.3. The molecule has 1 saturated heterocycles. The summed E-state index contributed by atoms with van der Waals surface area (Å²) in [6.07, 6.45) is 7.53. The summed E-state index contributed by atoms with van der Waals surface area (Å²) in [7, 11) is 0. The van der Waals surface area contributed by atoms with E-state index >= 15 is 0 Å². The molecule has 1 aliphatic heterocycles. The van der Waals surface area contributed by atoms with Crippen molar-refractivity contribution in [3.05, 3.63) is 77.1 Å². The molecule has 2 aromatic heterocycles. The van der Waals surface area contributed by atoms with Crippen LogP contribution < -0.4 is 5.56 Å². The predicted molar refractivity (Wildman–Crippen MR) is 103 cm³/mol. The highest BCUT2D eigenvalue weighted by Gasteiger charge is 2.26. The lowest BCUT2D eigenvalue weighted by atomic mass is 9.97. The van der Waals surface area contributed by atoms with Crippen molar-refractivity contribution in [2.45, 2.75) is 19.4 Å². The number of H-pyrrole nitrogens is 1. The molecule has 1 unspecified atom stereocenters. The fourth-order valence-corrected chi connectivity index (χ4v) is 3.69. The summed E-state index contributed by atoms with van der Waals surface area (Å²) >= 11 is 0. The van der Waals surface area contributed by atoms with Gasteiger partial charge in [0.2, 0.25) is 0 Å². The van der Waals surface area contributed by atoms with Gasteiger partial charge in [0.1, 0.15) is 5.56 Å². The average molecular weight is 362 g/mol. The average Bonchev–Trinajstić information content (AvgIpc) is 3.21. The summed E-state index contributed by atoms with van der Waals surface area (Å²) in [5.74, 6) is 0.186. The number of piperidine rings is 1. The van der Waals surface area contributed by atoms with Crippen molar-refractivity contribution in [1.29, 1.82) is 0 Å². The first-order valence-corrected chi connectivity index (χ1v) is 9.24. The Bertz CT molecular complexity index is 963. The van der Waals surface area contributed by atoms with Crippen molar-refractivity contribution in [1.82, 2.24) is 19.4 Å². The molecule has 1 N–H and O–H groups in total. The Labute approximate surface area is 157 Å². The Morgan fingerprint density at radius 3 is 2.78 bits per heavy atom. The third-order valence-electron chi connectivity index (χ3n) is 5.06. The molecule has 27 heavy (non-hydrogen) atoms. The number of nitrogens with one attached hydrogen (secondary N) is 1. The number of carbonyl (C=O) groups is 1. The highest BCUT2D eigenvalue weighted by molar-refractivity contribution is 5.94. The van der Waals surface area contributed by atoms with Gasteiger partial charge >= 0.3 is 0 Å². The van der Waals surface area contributed by atoms with E-state index in [9.17, 15) is 9.59 Å². The lowest BCUT2D eigenvalue weighted by Gasteiger charge is -2.32. The molecule has 0 bridgehead atoms. The summed E-state index contributed by atoms with van der Waals surface area (Å²) in [4.78, 5) is 34.1. The normalized spacial score (nSPS) is 17.0. The Morgan fingerprint density at radius 1 is 1.19 bits per heavy atom. The van der Waals surface area contributed by atoms with Gasteiger partial charge in [0.15, 0.2) is 0 Å². The van der Waals surface area contributed by atoms with Crippen LogP contribution in [0.25, 0.3) is 11.3 Å². The number of benzene rings is 1. The fraction of sp³-hybridized carbons (Fsp3) is 0.286. The summed E-state index contributed by atoms with van der Waals surface area (Å²) in [5.41, 5.74) is 1.51. The minimum absolute atomic E-state index is 0.189. The summed E-state index contributed by atoms with van der Waals surface area (Å²) in [6.45, 7) is 2.20. The number of likely N-dealkylation sites (tertiary alicyclic amines) is 1. The number of carbonyl (C=O) groups excluding carboxylic acids is 1. The molecular formula is C21H22N4O2. The number of aromatic amines is 1. The minimum Gasteiger partial charge on any atom is -0.338 e. The van der Waals surface area contributed by atoms with Crippen LogP contribution in [0.1, 0.15) is 23.2 Å². The molecule has 6 nitrogen and oxygen atoms in total. The van der Waals surface area contributed by atoms with Crippen molar-refractivity contribution in [2.24, 2.45) is 5.92 Å². The second kappa shape index (κ2) is 7.61. The zero-order chi connectivity index (χ0) is 18.6. The molecule has 0 radical (unpaired) electrons. The quantitative estimate of drug-likeness (QED) is 0.776. The van der Waals surface area contributed by atoms with E-state index in [0.29, 0.717) is 24.7 Å². The third kappa shape index (κ3) is 3.84. The molecule has 1 amide bonds. The Morgan fingerprint density at radius 2 is 2.04 bits per heavy atom. The van der Waals surface area contributed by atoms with Gasteiger partial charge in [0.05, 0.1) is 6.33 Å². The molecule has 1 aromatic carbocycles. The first-order valence-electron chi connectivity index (χ1n) is 9.24. The van der Waals surface area contributed by atoms with E-state index in [4.69, 9.17) is 0 Å². The smallest absolute Gasteiger partial charge is 0.261 e. The molecule has 1 aliphatic rings. The zero-order valence-corrected chi connectivity index (χ0v) is 15.0. The van der Waals surface area contributed by atoms with Crippen LogP contribution in [0.4, 0.5) is 0 Å². The Kier molecular flexibility index (Phi) is 4.87. The van der Waals surface area contributed by atoms with Gasteiger partial charge in [-0.1, -0.05) is 30.3 Å². The number of pyridine rings is 1. The van der Waals surface area contributed by atoms with Crippen molar-refractivity contribution >= 4 is 5.91 Å². The van der Waals surface area contributed by atoms with E-state index in [0.717, 1.165) is 24.9 Å². The summed E-state index contributed by atoms with van der Waals surface area (Å²) in [6, 6.07) is 13.1. The van der Waals surface area contributed by atoms with Crippen molar-refractivity contribution in [3.63, 3.8) is 0 Å². The molecule has 0 spiro atoms. The topological polar surface area (TPSA) is 71.0 Å². The van der Waals surface area contributed by atoms with Crippen LogP contribution in [0.3, 0.4) is 0 Å². The van der Waals surface area contributed by atoms with E-state index in [2.05, 4.69) is 9.97 Å². The SMILES string of the molecule is O=C(c1ccc(-c2ccccc2)[nH]c1=O)N1CCCC(Cn2ccnc2)C1. The van der Waals surface area contributed by atoms with Crippen LogP contribution in [0.5, 0.6) is 0 Å². The van der Waals surface area contributed by atoms with E-state index in [1.807, 2.05) is 41.1 Å². The third-order valence-corrected chi connectivity index (χ3v) is 5.06. The van der Waals surface area contributed by atoms with Crippen molar-refractivity contribution in [2.75, 3.05) is 13.1 Å². The van der Waals surface area contributed by atoms with Crippen LogP contribution in [0.2, 0.25) is 0 Å². The van der Waals surface area contributed by atoms with Gasteiger partial charge in [-0.05, 0) is 36.5 Å². The number of hydrogen-bond donors (Lipinski definition) is 1. The Balaban J connectivity index is 1.49. The summed E-state index contributed by atoms with van der Waals surface area (Å²) in [5, 5.41) is 0. The van der Waals surface area contributed by atoms with Gasteiger partial charge in [-0.3, -0.25) is 9.59 Å². The van der Waals surface area contributed by atoms with Gasteiger partial charge in [-0.2, -0.15) is 0 Å². The standard InChI is InChI=1S/C21H22N4O2/c26-20-18(8-9-19(23-20)17-6-2-1-3-7-17)21(27)25-11-4-5-16(14-25)13-24-12-10-22-15-24/h1-3,6-10,12,15-16H,4-5,11,13-14H2,(H,23,26). The molecule has 1 atom stereocenters. The maximum Gasteiger partial charge on any atom is 0.261 e. The number of aromatic nitrogens is 3.